The number of para-hydroxylation sites is 2. The molecule has 0 atom stereocenters. The van der Waals surface area contributed by atoms with E-state index in [9.17, 15) is 18.4 Å². The minimum absolute atomic E-state index is 0.0421. The van der Waals surface area contributed by atoms with Crippen LogP contribution in [0.1, 0.15) is 5.76 Å². The van der Waals surface area contributed by atoms with E-state index < -0.39 is 17.6 Å². The topological polar surface area (TPSA) is 93.3 Å². The third-order valence-corrected chi connectivity index (χ3v) is 4.51. The highest BCUT2D eigenvalue weighted by Crippen LogP contribution is 2.28. The molecule has 11 heteroatoms. The number of thioether (sulfide) groups is 1. The van der Waals surface area contributed by atoms with Crippen molar-refractivity contribution >= 4 is 40.4 Å². The number of hydrogen-bond acceptors (Lipinski definition) is 6. The number of carbonyl (C=O) groups excluding carboxylic acids is 2. The summed E-state index contributed by atoms with van der Waals surface area (Å²) in [7, 11) is 1.45. The molecule has 8 nitrogen and oxygen atoms in total. The van der Waals surface area contributed by atoms with Gasteiger partial charge in [-0.3, -0.25) is 9.59 Å². The molecule has 0 aliphatic heterocycles. The molecule has 0 spiro atoms. The Bertz CT molecular complexity index is 1000. The number of aryl methyl sites for hydroxylation is 1. The highest BCUT2D eigenvalue weighted by Gasteiger charge is 2.20. The summed E-state index contributed by atoms with van der Waals surface area (Å²) in [6.45, 7) is 1.24. The maximum Gasteiger partial charge on any atom is 0.291 e. The number of amides is 2. The fourth-order valence-corrected chi connectivity index (χ4v) is 3.14. The number of nitrogens with zero attached hydrogens (tertiary/aromatic N) is 4. The summed E-state index contributed by atoms with van der Waals surface area (Å²) in [5.74, 6) is -2.76. The molecule has 0 radical (unpaired) electrons. The number of aromatic nitrogens is 3. The molecular formula is C17H17F2N5O3S. The number of imidazole rings is 1. The number of halogens is 2. The van der Waals surface area contributed by atoms with Crippen LogP contribution in [0.3, 0.4) is 0 Å². The maximum atomic E-state index is 12.9. The second-order valence-electron chi connectivity index (χ2n) is 5.97. The van der Waals surface area contributed by atoms with Gasteiger partial charge in [-0.25, -0.2) is 4.98 Å². The van der Waals surface area contributed by atoms with Crippen molar-refractivity contribution in [2.75, 3.05) is 18.9 Å². The molecule has 0 bridgehead atoms. The van der Waals surface area contributed by atoms with Crippen molar-refractivity contribution in [3.8, 4) is 0 Å². The van der Waals surface area contributed by atoms with Crippen LogP contribution in [0.4, 0.5) is 14.6 Å². The lowest BCUT2D eigenvalue weighted by molar-refractivity contribution is -0.133. The second-order valence-corrected chi connectivity index (χ2v) is 6.93. The molecule has 3 aromatic rings. The molecule has 28 heavy (non-hydrogen) atoms. The van der Waals surface area contributed by atoms with Gasteiger partial charge in [-0.05, 0) is 30.8 Å². The summed E-state index contributed by atoms with van der Waals surface area (Å²) in [5, 5.41) is 6.20. The highest BCUT2D eigenvalue weighted by molar-refractivity contribution is 7.99. The van der Waals surface area contributed by atoms with Gasteiger partial charge in [-0.2, -0.15) is 8.78 Å². The molecule has 1 N–H and O–H groups in total. The number of fused-ring (bicyclic) bond motifs is 1. The average molecular weight is 409 g/mol. The van der Waals surface area contributed by atoms with E-state index in [0.29, 0.717) is 16.8 Å². The summed E-state index contributed by atoms with van der Waals surface area (Å²) >= 11 is 0.272. The Balaban J connectivity index is 1.70. The van der Waals surface area contributed by atoms with Gasteiger partial charge in [-0.1, -0.05) is 17.3 Å². The first-order valence-corrected chi connectivity index (χ1v) is 9.08. The van der Waals surface area contributed by atoms with E-state index in [1.165, 1.54) is 16.5 Å². The van der Waals surface area contributed by atoms with E-state index in [1.807, 2.05) is 0 Å². The molecule has 0 unspecified atom stereocenters. The van der Waals surface area contributed by atoms with Crippen LogP contribution >= 0.6 is 11.8 Å². The quantitative estimate of drug-likeness (QED) is 0.603. The molecule has 2 heterocycles. The molecule has 2 aromatic heterocycles. The van der Waals surface area contributed by atoms with Gasteiger partial charge < -0.3 is 19.3 Å². The summed E-state index contributed by atoms with van der Waals surface area (Å²) < 4.78 is 32.0. The van der Waals surface area contributed by atoms with Crippen LogP contribution in [0.25, 0.3) is 11.0 Å². The van der Waals surface area contributed by atoms with Gasteiger partial charge in [0.1, 0.15) is 12.3 Å². The molecule has 2 amide bonds. The van der Waals surface area contributed by atoms with Gasteiger partial charge in [0.25, 0.3) is 5.76 Å². The largest absolute Gasteiger partial charge is 0.360 e. The van der Waals surface area contributed by atoms with Gasteiger partial charge in [0, 0.05) is 13.1 Å². The Morgan fingerprint density at radius 3 is 2.79 bits per heavy atom. The smallest absolute Gasteiger partial charge is 0.291 e. The third-order valence-electron chi connectivity index (χ3n) is 3.81. The first kappa shape index (κ1) is 19.8. The third kappa shape index (κ3) is 4.66. The van der Waals surface area contributed by atoms with Crippen molar-refractivity contribution in [1.29, 1.82) is 0 Å². The maximum absolute atomic E-state index is 12.9. The van der Waals surface area contributed by atoms with E-state index in [1.54, 1.807) is 37.3 Å². The van der Waals surface area contributed by atoms with Crippen LogP contribution in [-0.4, -0.2) is 50.8 Å². The van der Waals surface area contributed by atoms with Crippen molar-refractivity contribution in [3.05, 3.63) is 36.1 Å². The number of anilines is 1. The van der Waals surface area contributed by atoms with Crippen LogP contribution in [-0.2, 0) is 16.1 Å². The lowest BCUT2D eigenvalue weighted by atomic mass is 10.3. The zero-order chi connectivity index (χ0) is 20.3. The SMILES string of the molecule is Cc1cc(NC(=O)CN(C)C(=O)Cn2c(SC(F)F)nc3ccccc32)no1. The van der Waals surface area contributed by atoms with Crippen molar-refractivity contribution in [2.45, 2.75) is 24.4 Å². The Kier molecular flexibility index (Phi) is 5.93. The van der Waals surface area contributed by atoms with Gasteiger partial charge in [-0.15, -0.1) is 0 Å². The van der Waals surface area contributed by atoms with Crippen LogP contribution in [0.5, 0.6) is 0 Å². The van der Waals surface area contributed by atoms with Crippen LogP contribution in [0, 0.1) is 6.92 Å². The minimum Gasteiger partial charge on any atom is -0.360 e. The molecule has 0 fully saturated rings. The zero-order valence-electron chi connectivity index (χ0n) is 15.1. The van der Waals surface area contributed by atoms with Gasteiger partial charge >= 0.3 is 0 Å². The Morgan fingerprint density at radius 1 is 1.36 bits per heavy atom. The number of benzene rings is 1. The molecule has 0 aliphatic carbocycles. The lowest BCUT2D eigenvalue weighted by Crippen LogP contribution is -2.37. The molecule has 1 aromatic carbocycles. The standard InChI is InChI=1S/C17H17F2N5O3S/c1-10-7-13(22-27-10)21-14(25)8-23(2)15(26)9-24-12-6-4-3-5-11(12)20-17(24)28-16(18)19/h3-7,16H,8-9H2,1-2H3,(H,21,22,25). The molecule has 0 aliphatic rings. The molecule has 148 valence electrons. The van der Waals surface area contributed by atoms with E-state index in [4.69, 9.17) is 4.52 Å². The fraction of sp³-hybridized carbons (Fsp3) is 0.294. The summed E-state index contributed by atoms with van der Waals surface area (Å²) in [6, 6.07) is 8.40. The molecule has 3 rings (SSSR count). The van der Waals surface area contributed by atoms with E-state index in [2.05, 4.69) is 15.5 Å². The van der Waals surface area contributed by atoms with Crippen molar-refractivity contribution < 1.29 is 22.9 Å². The van der Waals surface area contributed by atoms with Crippen molar-refractivity contribution in [3.63, 3.8) is 0 Å². The molecule has 0 saturated heterocycles. The van der Waals surface area contributed by atoms with Crippen molar-refractivity contribution in [1.82, 2.24) is 19.6 Å². The first-order valence-electron chi connectivity index (χ1n) is 8.20. The number of alkyl halides is 2. The summed E-state index contributed by atoms with van der Waals surface area (Å²) in [6.07, 6.45) is 0. The molecule has 0 saturated carbocycles. The first-order chi connectivity index (χ1) is 13.3. The zero-order valence-corrected chi connectivity index (χ0v) is 15.9. The monoisotopic (exact) mass is 409 g/mol. The van der Waals surface area contributed by atoms with Gasteiger partial charge in [0.2, 0.25) is 11.8 Å². The Hall–Kier alpha value is -2.95. The van der Waals surface area contributed by atoms with Crippen LogP contribution in [0.15, 0.2) is 40.0 Å². The highest BCUT2D eigenvalue weighted by atomic mass is 32.2. The summed E-state index contributed by atoms with van der Waals surface area (Å²) in [5.41, 5.74) is 1.08. The van der Waals surface area contributed by atoms with E-state index >= 15 is 0 Å². The number of hydrogen-bond donors (Lipinski definition) is 1. The number of likely N-dealkylation sites (N-methyl/N-ethyl adjacent to an activating group) is 1. The Labute approximate surface area is 162 Å². The summed E-state index contributed by atoms with van der Waals surface area (Å²) in [4.78, 5) is 30.0. The molecular weight excluding hydrogens is 392 g/mol. The minimum atomic E-state index is -2.67. The van der Waals surface area contributed by atoms with Gasteiger partial charge in [0.15, 0.2) is 11.0 Å². The normalized spacial score (nSPS) is 11.2. The average Bonchev–Trinajstić information content (AvgIpc) is 3.18. The number of nitrogens with one attached hydrogen (secondary N) is 1. The second kappa shape index (κ2) is 8.38. The Morgan fingerprint density at radius 2 is 2.11 bits per heavy atom. The number of rotatable bonds is 7. The van der Waals surface area contributed by atoms with E-state index in [-0.39, 0.29) is 35.8 Å². The van der Waals surface area contributed by atoms with Crippen molar-refractivity contribution in [2.24, 2.45) is 0 Å². The number of carbonyl (C=O) groups is 2. The lowest BCUT2D eigenvalue weighted by Gasteiger charge is -2.17. The van der Waals surface area contributed by atoms with Gasteiger partial charge in [0.05, 0.1) is 17.6 Å². The predicted octanol–water partition coefficient (Wildman–Crippen LogP) is 2.74. The van der Waals surface area contributed by atoms with Crippen LogP contribution in [0.2, 0.25) is 0 Å². The predicted molar refractivity (Wildman–Crippen MR) is 99.1 cm³/mol. The van der Waals surface area contributed by atoms with E-state index in [0.717, 1.165) is 0 Å². The fourth-order valence-electron chi connectivity index (χ4n) is 2.54. The van der Waals surface area contributed by atoms with Crippen LogP contribution < -0.4 is 5.32 Å².